The average molecular weight is 263 g/mol. The van der Waals surface area contributed by atoms with Gasteiger partial charge in [0.25, 0.3) is 0 Å². The molecular formula is C17H29NO. The Bertz CT molecular complexity index is 353. The van der Waals surface area contributed by atoms with Crippen molar-refractivity contribution in [3.05, 3.63) is 34.9 Å². The summed E-state index contributed by atoms with van der Waals surface area (Å²) in [4.78, 5) is 0. The third kappa shape index (κ3) is 5.75. The van der Waals surface area contributed by atoms with Crippen molar-refractivity contribution in [3.63, 3.8) is 0 Å². The van der Waals surface area contributed by atoms with Crippen molar-refractivity contribution in [2.24, 2.45) is 0 Å². The fourth-order valence-corrected chi connectivity index (χ4v) is 2.26. The molecule has 0 radical (unpaired) electrons. The maximum absolute atomic E-state index is 5.79. The molecule has 1 atom stereocenters. The molecule has 1 rings (SSSR count). The summed E-state index contributed by atoms with van der Waals surface area (Å²) in [5, 5.41) is 3.60. The van der Waals surface area contributed by atoms with Gasteiger partial charge in [0.1, 0.15) is 0 Å². The maximum atomic E-state index is 5.79. The van der Waals surface area contributed by atoms with Crippen molar-refractivity contribution < 1.29 is 4.74 Å². The highest BCUT2D eigenvalue weighted by Gasteiger charge is 2.13. The van der Waals surface area contributed by atoms with E-state index < -0.39 is 0 Å². The van der Waals surface area contributed by atoms with Crippen LogP contribution in [0.4, 0.5) is 0 Å². The minimum atomic E-state index is 0.295. The fraction of sp³-hybridized carbons (Fsp3) is 0.647. The molecule has 0 aliphatic heterocycles. The predicted molar refractivity (Wildman–Crippen MR) is 82.8 cm³/mol. The van der Waals surface area contributed by atoms with Crippen molar-refractivity contribution >= 4 is 0 Å². The fourth-order valence-electron chi connectivity index (χ4n) is 2.26. The number of nitrogens with one attached hydrogen (secondary N) is 1. The van der Waals surface area contributed by atoms with E-state index in [1.165, 1.54) is 16.7 Å². The largest absolute Gasteiger partial charge is 0.377 e. The molecule has 0 aliphatic carbocycles. The van der Waals surface area contributed by atoms with Crippen molar-refractivity contribution in [1.29, 1.82) is 0 Å². The molecule has 0 amide bonds. The Labute approximate surface area is 118 Å². The second-order valence-electron chi connectivity index (χ2n) is 5.61. The first-order chi connectivity index (χ1) is 9.04. The monoisotopic (exact) mass is 263 g/mol. The summed E-state index contributed by atoms with van der Waals surface area (Å²) >= 11 is 0. The van der Waals surface area contributed by atoms with E-state index in [9.17, 15) is 0 Å². The number of benzene rings is 1. The zero-order valence-electron chi connectivity index (χ0n) is 13.1. The van der Waals surface area contributed by atoms with E-state index >= 15 is 0 Å². The smallest absolute Gasteiger partial charge is 0.0626 e. The van der Waals surface area contributed by atoms with Crippen LogP contribution in [0.15, 0.2) is 18.2 Å². The molecule has 0 aliphatic rings. The number of aryl methyl sites for hydroxylation is 2. The molecule has 0 spiro atoms. The number of ether oxygens (including phenoxy) is 1. The van der Waals surface area contributed by atoms with Crippen LogP contribution in [0.5, 0.6) is 0 Å². The minimum absolute atomic E-state index is 0.295. The molecule has 0 aromatic heterocycles. The quantitative estimate of drug-likeness (QED) is 0.773. The Morgan fingerprint density at radius 1 is 1.16 bits per heavy atom. The standard InChI is InChI=1S/C17H29NO/c1-6-10-18-16(12-19-13(2)3)11-17-14(4)8-7-9-15(17)5/h7-9,13,16,18H,6,10-12H2,1-5H3. The van der Waals surface area contributed by atoms with E-state index in [1.54, 1.807) is 0 Å². The van der Waals surface area contributed by atoms with Gasteiger partial charge in [-0.05, 0) is 63.8 Å². The molecule has 1 aromatic carbocycles. The van der Waals surface area contributed by atoms with Crippen LogP contribution in [0.25, 0.3) is 0 Å². The van der Waals surface area contributed by atoms with Crippen LogP contribution in [-0.4, -0.2) is 25.3 Å². The molecule has 1 N–H and O–H groups in total. The van der Waals surface area contributed by atoms with Crippen LogP contribution < -0.4 is 5.32 Å². The lowest BCUT2D eigenvalue weighted by atomic mass is 9.96. The molecule has 108 valence electrons. The highest BCUT2D eigenvalue weighted by molar-refractivity contribution is 5.34. The molecule has 2 nitrogen and oxygen atoms in total. The Morgan fingerprint density at radius 2 is 1.79 bits per heavy atom. The van der Waals surface area contributed by atoms with Gasteiger partial charge in [0, 0.05) is 6.04 Å². The Kier molecular flexibility index (Phi) is 7.11. The van der Waals surface area contributed by atoms with Crippen LogP contribution in [0, 0.1) is 13.8 Å². The minimum Gasteiger partial charge on any atom is -0.377 e. The number of hydrogen-bond donors (Lipinski definition) is 1. The maximum Gasteiger partial charge on any atom is 0.0626 e. The Balaban J connectivity index is 2.69. The summed E-state index contributed by atoms with van der Waals surface area (Å²) in [6.45, 7) is 12.6. The van der Waals surface area contributed by atoms with Gasteiger partial charge >= 0.3 is 0 Å². The molecule has 0 fully saturated rings. The Hall–Kier alpha value is -0.860. The zero-order chi connectivity index (χ0) is 14.3. The van der Waals surface area contributed by atoms with Gasteiger partial charge < -0.3 is 10.1 Å². The summed E-state index contributed by atoms with van der Waals surface area (Å²) in [5.74, 6) is 0. The van der Waals surface area contributed by atoms with E-state index in [0.717, 1.165) is 26.0 Å². The molecule has 0 saturated carbocycles. The third-order valence-electron chi connectivity index (χ3n) is 3.41. The second-order valence-corrected chi connectivity index (χ2v) is 5.61. The number of hydrogen-bond acceptors (Lipinski definition) is 2. The molecule has 0 saturated heterocycles. The average Bonchev–Trinajstić information content (AvgIpc) is 2.36. The predicted octanol–water partition coefficient (Wildman–Crippen LogP) is 3.64. The molecule has 0 bridgehead atoms. The van der Waals surface area contributed by atoms with Gasteiger partial charge in [-0.25, -0.2) is 0 Å². The molecule has 1 aromatic rings. The van der Waals surface area contributed by atoms with Crippen molar-refractivity contribution in [2.75, 3.05) is 13.2 Å². The topological polar surface area (TPSA) is 21.3 Å². The van der Waals surface area contributed by atoms with Crippen molar-refractivity contribution in [2.45, 2.75) is 59.6 Å². The summed E-state index contributed by atoms with van der Waals surface area (Å²) in [7, 11) is 0. The molecule has 0 heterocycles. The summed E-state index contributed by atoms with van der Waals surface area (Å²) in [6.07, 6.45) is 2.50. The lowest BCUT2D eigenvalue weighted by molar-refractivity contribution is 0.0612. The number of rotatable bonds is 8. The summed E-state index contributed by atoms with van der Waals surface area (Å²) < 4.78 is 5.79. The van der Waals surface area contributed by atoms with Gasteiger partial charge in [-0.3, -0.25) is 0 Å². The third-order valence-corrected chi connectivity index (χ3v) is 3.41. The molecule has 2 heteroatoms. The molecule has 1 unspecified atom stereocenters. The second kappa shape index (κ2) is 8.34. The van der Waals surface area contributed by atoms with Crippen LogP contribution in [0.3, 0.4) is 0 Å². The summed E-state index contributed by atoms with van der Waals surface area (Å²) in [5.41, 5.74) is 4.23. The SMILES string of the molecule is CCCNC(COC(C)C)Cc1c(C)cccc1C. The van der Waals surface area contributed by atoms with Crippen molar-refractivity contribution in [3.8, 4) is 0 Å². The lowest BCUT2D eigenvalue weighted by Crippen LogP contribution is -2.37. The van der Waals surface area contributed by atoms with Gasteiger partial charge in [-0.1, -0.05) is 25.1 Å². The van der Waals surface area contributed by atoms with Gasteiger partial charge in [0.05, 0.1) is 12.7 Å². The van der Waals surface area contributed by atoms with Crippen LogP contribution in [0.2, 0.25) is 0 Å². The van der Waals surface area contributed by atoms with E-state index in [4.69, 9.17) is 4.74 Å². The highest BCUT2D eigenvalue weighted by atomic mass is 16.5. The van der Waals surface area contributed by atoms with Gasteiger partial charge in [-0.2, -0.15) is 0 Å². The molecule has 19 heavy (non-hydrogen) atoms. The first kappa shape index (κ1) is 16.2. The van der Waals surface area contributed by atoms with Crippen molar-refractivity contribution in [1.82, 2.24) is 5.32 Å². The lowest BCUT2D eigenvalue weighted by Gasteiger charge is -2.22. The van der Waals surface area contributed by atoms with Crippen LogP contribution in [-0.2, 0) is 11.2 Å². The first-order valence-corrected chi connectivity index (χ1v) is 7.44. The summed E-state index contributed by atoms with van der Waals surface area (Å²) in [6, 6.07) is 6.93. The zero-order valence-corrected chi connectivity index (χ0v) is 13.1. The van der Waals surface area contributed by atoms with E-state index in [1.807, 2.05) is 0 Å². The highest BCUT2D eigenvalue weighted by Crippen LogP contribution is 2.15. The van der Waals surface area contributed by atoms with Gasteiger partial charge in [0.15, 0.2) is 0 Å². The van der Waals surface area contributed by atoms with Crippen LogP contribution in [0.1, 0.15) is 43.9 Å². The van der Waals surface area contributed by atoms with Gasteiger partial charge in [-0.15, -0.1) is 0 Å². The van der Waals surface area contributed by atoms with E-state index in [0.29, 0.717) is 12.1 Å². The normalized spacial score (nSPS) is 12.9. The van der Waals surface area contributed by atoms with E-state index in [2.05, 4.69) is 58.1 Å². The van der Waals surface area contributed by atoms with Crippen LogP contribution >= 0.6 is 0 Å². The Morgan fingerprint density at radius 3 is 2.32 bits per heavy atom. The molecular weight excluding hydrogens is 234 g/mol. The van der Waals surface area contributed by atoms with Gasteiger partial charge in [0.2, 0.25) is 0 Å². The first-order valence-electron chi connectivity index (χ1n) is 7.44. The van der Waals surface area contributed by atoms with E-state index in [-0.39, 0.29) is 0 Å².